The molecule has 0 aliphatic heterocycles. The Hall–Kier alpha value is -3.25. The summed E-state index contributed by atoms with van der Waals surface area (Å²) in [6.07, 6.45) is 3.32. The third-order valence-corrected chi connectivity index (χ3v) is 5.19. The quantitative estimate of drug-likeness (QED) is 0.556. The zero-order valence-corrected chi connectivity index (χ0v) is 14.8. The number of nitrogens with zero attached hydrogens (tertiary/aromatic N) is 2. The minimum atomic E-state index is -0.158. The second kappa shape index (κ2) is 6.57. The van der Waals surface area contributed by atoms with Crippen molar-refractivity contribution in [2.24, 2.45) is 7.05 Å². The van der Waals surface area contributed by atoms with E-state index in [1.165, 1.54) is 11.3 Å². The van der Waals surface area contributed by atoms with E-state index in [4.69, 9.17) is 0 Å². The lowest BCUT2D eigenvalue weighted by atomic mass is 10.1. The van der Waals surface area contributed by atoms with E-state index in [-0.39, 0.29) is 11.7 Å². The summed E-state index contributed by atoms with van der Waals surface area (Å²) in [5.74, 6) is 0.0707. The molecule has 0 saturated carbocycles. The van der Waals surface area contributed by atoms with Gasteiger partial charge in [-0.15, -0.1) is 11.3 Å². The van der Waals surface area contributed by atoms with Crippen molar-refractivity contribution in [3.63, 3.8) is 0 Å². The molecule has 2 heterocycles. The maximum absolute atomic E-state index is 12.5. The Morgan fingerprint density at radius 1 is 1.08 bits per heavy atom. The van der Waals surface area contributed by atoms with Crippen molar-refractivity contribution in [2.45, 2.75) is 0 Å². The first kappa shape index (κ1) is 16.2. The van der Waals surface area contributed by atoms with Crippen molar-refractivity contribution in [3.8, 4) is 0 Å². The number of benzene rings is 2. The number of aryl methyl sites for hydroxylation is 1. The van der Waals surface area contributed by atoms with Crippen molar-refractivity contribution >= 4 is 38.8 Å². The predicted molar refractivity (Wildman–Crippen MR) is 103 cm³/mol. The van der Waals surface area contributed by atoms with Crippen LogP contribution in [0.25, 0.3) is 10.1 Å². The molecule has 1 N–H and O–H groups in total. The number of imidazole rings is 1. The number of rotatable bonds is 4. The number of anilines is 1. The topological polar surface area (TPSA) is 64.0 Å². The van der Waals surface area contributed by atoms with Crippen LogP contribution in [0.5, 0.6) is 0 Å². The van der Waals surface area contributed by atoms with Gasteiger partial charge in [0.25, 0.3) is 5.91 Å². The lowest BCUT2D eigenvalue weighted by Gasteiger charge is -2.05. The summed E-state index contributed by atoms with van der Waals surface area (Å²) in [4.78, 5) is 29.6. The number of fused-ring (bicyclic) bond motifs is 1. The lowest BCUT2D eigenvalue weighted by molar-refractivity contribution is 0.102. The van der Waals surface area contributed by atoms with Gasteiger partial charge in [0, 0.05) is 35.4 Å². The van der Waals surface area contributed by atoms with Crippen LogP contribution in [-0.2, 0) is 7.05 Å². The van der Waals surface area contributed by atoms with Crippen molar-refractivity contribution in [2.75, 3.05) is 5.32 Å². The second-order valence-corrected chi connectivity index (χ2v) is 6.95. The molecular weight excluding hydrogens is 346 g/mol. The van der Waals surface area contributed by atoms with E-state index < -0.39 is 0 Å². The van der Waals surface area contributed by atoms with Crippen LogP contribution in [-0.4, -0.2) is 21.2 Å². The van der Waals surface area contributed by atoms with Gasteiger partial charge in [-0.25, -0.2) is 4.98 Å². The van der Waals surface area contributed by atoms with Gasteiger partial charge >= 0.3 is 0 Å². The average molecular weight is 361 g/mol. The van der Waals surface area contributed by atoms with Crippen LogP contribution in [0.1, 0.15) is 25.9 Å². The number of aromatic nitrogens is 2. The molecule has 128 valence electrons. The molecule has 0 bridgehead atoms. The Kier molecular flexibility index (Phi) is 4.10. The van der Waals surface area contributed by atoms with Crippen LogP contribution in [0.4, 0.5) is 5.69 Å². The van der Waals surface area contributed by atoms with Gasteiger partial charge in [0.1, 0.15) is 0 Å². The van der Waals surface area contributed by atoms with Gasteiger partial charge in [-0.3, -0.25) is 9.59 Å². The summed E-state index contributed by atoms with van der Waals surface area (Å²) < 4.78 is 2.76. The molecule has 0 fully saturated rings. The highest BCUT2D eigenvalue weighted by molar-refractivity contribution is 7.20. The summed E-state index contributed by atoms with van der Waals surface area (Å²) in [6, 6.07) is 16.6. The molecule has 0 aliphatic carbocycles. The number of carbonyl (C=O) groups is 2. The summed E-state index contributed by atoms with van der Waals surface area (Å²) in [6.45, 7) is 0. The van der Waals surface area contributed by atoms with Gasteiger partial charge in [0.2, 0.25) is 5.78 Å². The minimum absolute atomic E-state index is 0.153. The highest BCUT2D eigenvalue weighted by Gasteiger charge is 2.14. The number of nitrogens with one attached hydrogen (secondary N) is 1. The molecule has 2 aromatic heterocycles. The molecule has 0 aliphatic rings. The SMILES string of the molecule is Cn1ccnc1C(=O)c1ccc(NC(=O)c2cc3ccccc3s2)cc1. The smallest absolute Gasteiger partial charge is 0.265 e. The van der Waals surface area contributed by atoms with E-state index in [2.05, 4.69) is 10.3 Å². The van der Waals surface area contributed by atoms with Crippen molar-refractivity contribution in [1.82, 2.24) is 9.55 Å². The minimum Gasteiger partial charge on any atom is -0.331 e. The highest BCUT2D eigenvalue weighted by atomic mass is 32.1. The molecule has 26 heavy (non-hydrogen) atoms. The maximum Gasteiger partial charge on any atom is 0.265 e. The number of hydrogen-bond acceptors (Lipinski definition) is 4. The Balaban J connectivity index is 1.51. The third kappa shape index (κ3) is 3.02. The van der Waals surface area contributed by atoms with Crippen LogP contribution >= 0.6 is 11.3 Å². The number of amides is 1. The molecule has 4 aromatic rings. The fraction of sp³-hybridized carbons (Fsp3) is 0.0500. The average Bonchev–Trinajstić information content (AvgIpc) is 3.27. The molecule has 0 unspecified atom stereocenters. The fourth-order valence-corrected chi connectivity index (χ4v) is 3.66. The molecular formula is C20H15N3O2S. The Bertz CT molecular complexity index is 1080. The van der Waals surface area contributed by atoms with Gasteiger partial charge in [-0.2, -0.15) is 0 Å². The molecule has 0 spiro atoms. The van der Waals surface area contributed by atoms with Gasteiger partial charge in [-0.05, 0) is 41.8 Å². The van der Waals surface area contributed by atoms with Crippen LogP contribution < -0.4 is 5.32 Å². The zero-order chi connectivity index (χ0) is 18.1. The normalized spacial score (nSPS) is 10.8. The number of thiophene rings is 1. The summed E-state index contributed by atoms with van der Waals surface area (Å²) >= 11 is 1.46. The Morgan fingerprint density at radius 2 is 1.85 bits per heavy atom. The van der Waals surface area contributed by atoms with Crippen LogP contribution in [0.2, 0.25) is 0 Å². The standard InChI is InChI=1S/C20H15N3O2S/c1-23-11-10-21-19(23)18(24)13-6-8-15(9-7-13)22-20(25)17-12-14-4-2-3-5-16(14)26-17/h2-12H,1H3,(H,22,25). The zero-order valence-electron chi connectivity index (χ0n) is 14.0. The van der Waals surface area contributed by atoms with Crippen molar-refractivity contribution in [3.05, 3.63) is 83.3 Å². The van der Waals surface area contributed by atoms with E-state index in [0.717, 1.165) is 10.1 Å². The van der Waals surface area contributed by atoms with Crippen molar-refractivity contribution in [1.29, 1.82) is 0 Å². The van der Waals surface area contributed by atoms with Gasteiger partial charge < -0.3 is 9.88 Å². The summed E-state index contributed by atoms with van der Waals surface area (Å²) in [7, 11) is 1.78. The maximum atomic E-state index is 12.5. The first-order valence-electron chi connectivity index (χ1n) is 8.04. The van der Waals surface area contributed by atoms with E-state index in [1.54, 1.807) is 48.3 Å². The first-order chi connectivity index (χ1) is 12.6. The molecule has 2 aromatic carbocycles. The highest BCUT2D eigenvalue weighted by Crippen LogP contribution is 2.26. The van der Waals surface area contributed by atoms with E-state index in [9.17, 15) is 9.59 Å². The fourth-order valence-electron chi connectivity index (χ4n) is 2.70. The monoisotopic (exact) mass is 361 g/mol. The number of hydrogen-bond donors (Lipinski definition) is 1. The van der Waals surface area contributed by atoms with Crippen molar-refractivity contribution < 1.29 is 9.59 Å². The van der Waals surface area contributed by atoms with Crippen LogP contribution in [0, 0.1) is 0 Å². The lowest BCUT2D eigenvalue weighted by Crippen LogP contribution is -2.11. The largest absolute Gasteiger partial charge is 0.331 e. The molecule has 0 radical (unpaired) electrons. The van der Waals surface area contributed by atoms with Gasteiger partial charge in [-0.1, -0.05) is 18.2 Å². The van der Waals surface area contributed by atoms with E-state index >= 15 is 0 Å². The molecule has 0 saturated heterocycles. The van der Waals surface area contributed by atoms with Crippen LogP contribution in [0.3, 0.4) is 0 Å². The molecule has 0 atom stereocenters. The molecule has 6 heteroatoms. The number of ketones is 1. The third-order valence-electron chi connectivity index (χ3n) is 4.08. The molecule has 4 rings (SSSR count). The second-order valence-electron chi connectivity index (χ2n) is 5.87. The molecule has 1 amide bonds. The van der Waals surface area contributed by atoms with Crippen LogP contribution in [0.15, 0.2) is 67.0 Å². The van der Waals surface area contributed by atoms with Gasteiger partial charge in [0.05, 0.1) is 4.88 Å². The van der Waals surface area contributed by atoms with E-state index in [1.807, 2.05) is 30.3 Å². The predicted octanol–water partition coefficient (Wildman–Crippen LogP) is 4.12. The molecule has 5 nitrogen and oxygen atoms in total. The number of carbonyl (C=O) groups excluding carboxylic acids is 2. The van der Waals surface area contributed by atoms with Gasteiger partial charge in [0.15, 0.2) is 5.82 Å². The Morgan fingerprint density at radius 3 is 2.54 bits per heavy atom. The summed E-state index contributed by atoms with van der Waals surface area (Å²) in [5, 5.41) is 3.93. The van der Waals surface area contributed by atoms with E-state index in [0.29, 0.717) is 22.0 Å². The first-order valence-corrected chi connectivity index (χ1v) is 8.85. The summed E-state index contributed by atoms with van der Waals surface area (Å²) in [5.41, 5.74) is 1.17. The Labute approximate surface area is 153 Å².